The van der Waals surface area contributed by atoms with Crippen molar-refractivity contribution in [3.8, 4) is 11.4 Å². The predicted molar refractivity (Wildman–Crippen MR) is 154 cm³/mol. The smallest absolute Gasteiger partial charge is 0.162 e. The predicted octanol–water partition coefficient (Wildman–Crippen LogP) is 6.29. The van der Waals surface area contributed by atoms with Gasteiger partial charge in [0, 0.05) is 42.3 Å². The van der Waals surface area contributed by atoms with E-state index < -0.39 is 0 Å². The highest BCUT2D eigenvalue weighted by Gasteiger charge is 2.33. The van der Waals surface area contributed by atoms with E-state index in [0.29, 0.717) is 27.5 Å². The molecule has 4 aromatic rings. The monoisotopic (exact) mass is 544 g/mol. The van der Waals surface area contributed by atoms with Gasteiger partial charge in [-0.2, -0.15) is 0 Å². The SMILES string of the molecule is CC1(C)CNCC[C@@H]1Nc1nc(-c2ccnc(Nc3ncc(Cl)cc3Cl)c2)nc2cncc(C3=CC=C3)c12. The molecule has 1 saturated heterocycles. The lowest BCUT2D eigenvalue weighted by Gasteiger charge is -2.40. The Morgan fingerprint density at radius 2 is 1.92 bits per heavy atom. The summed E-state index contributed by atoms with van der Waals surface area (Å²) in [4.78, 5) is 23.2. The molecular formula is C28H26Cl2N8. The van der Waals surface area contributed by atoms with Crippen LogP contribution in [-0.4, -0.2) is 44.1 Å². The van der Waals surface area contributed by atoms with Gasteiger partial charge in [-0.05, 0) is 42.2 Å². The number of halogens is 2. The first-order chi connectivity index (χ1) is 18.4. The molecule has 2 aliphatic rings. The third kappa shape index (κ3) is 4.82. The zero-order valence-electron chi connectivity index (χ0n) is 21.0. The van der Waals surface area contributed by atoms with E-state index in [1.165, 1.54) is 6.20 Å². The molecule has 0 unspecified atom stereocenters. The largest absolute Gasteiger partial charge is 0.366 e. The first kappa shape index (κ1) is 24.7. The molecule has 0 aromatic carbocycles. The highest BCUT2D eigenvalue weighted by Crippen LogP contribution is 2.36. The number of anilines is 3. The Kier molecular flexibility index (Phi) is 6.47. The van der Waals surface area contributed by atoms with Crippen LogP contribution in [0.15, 0.2) is 61.2 Å². The standard InChI is InChI=1S/C28H26Cl2N8/c1-28(2)15-31-8-7-22(28)36-27-24-19(16-4-3-5-16)13-32-14-21(24)35-25(38-27)17-6-9-33-23(10-17)37-26-20(30)11-18(29)12-34-26/h3-6,9-14,22,31H,7-8,15H2,1-2H3,(H,33,34,37)(H,35,36,38)/t22-/m0/s1. The van der Waals surface area contributed by atoms with Crippen molar-refractivity contribution in [3.63, 3.8) is 0 Å². The summed E-state index contributed by atoms with van der Waals surface area (Å²) >= 11 is 12.3. The Labute approximate surface area is 230 Å². The number of hydrogen-bond donors (Lipinski definition) is 3. The molecule has 4 aromatic heterocycles. The van der Waals surface area contributed by atoms with Crippen LogP contribution in [0.3, 0.4) is 0 Å². The molecule has 38 heavy (non-hydrogen) atoms. The summed E-state index contributed by atoms with van der Waals surface area (Å²) in [6.07, 6.45) is 14.1. The number of nitrogens with one attached hydrogen (secondary N) is 3. The van der Waals surface area contributed by atoms with Crippen molar-refractivity contribution < 1.29 is 0 Å². The molecule has 1 aliphatic carbocycles. The summed E-state index contributed by atoms with van der Waals surface area (Å²) in [5.41, 5.74) is 3.77. The van der Waals surface area contributed by atoms with Gasteiger partial charge in [0.25, 0.3) is 0 Å². The molecule has 8 nitrogen and oxygen atoms in total. The molecule has 6 rings (SSSR count). The molecule has 0 radical (unpaired) electrons. The number of rotatable bonds is 6. The molecule has 192 valence electrons. The fraction of sp³-hybridized carbons (Fsp3) is 0.250. The van der Waals surface area contributed by atoms with Gasteiger partial charge in [0.1, 0.15) is 17.5 Å². The van der Waals surface area contributed by atoms with E-state index >= 15 is 0 Å². The van der Waals surface area contributed by atoms with Crippen molar-refractivity contribution in [2.75, 3.05) is 23.7 Å². The maximum absolute atomic E-state index is 6.30. The van der Waals surface area contributed by atoms with Gasteiger partial charge in [-0.25, -0.2) is 19.9 Å². The second-order valence-corrected chi connectivity index (χ2v) is 11.0. The summed E-state index contributed by atoms with van der Waals surface area (Å²) in [6.45, 7) is 6.44. The molecule has 1 aliphatic heterocycles. The van der Waals surface area contributed by atoms with Crippen LogP contribution in [-0.2, 0) is 0 Å². The third-order valence-corrected chi connectivity index (χ3v) is 7.48. The van der Waals surface area contributed by atoms with Crippen molar-refractivity contribution in [1.29, 1.82) is 0 Å². The fourth-order valence-electron chi connectivity index (χ4n) is 4.78. The zero-order chi connectivity index (χ0) is 26.3. The number of nitrogens with zero attached hydrogens (tertiary/aromatic N) is 5. The number of hydrogen-bond acceptors (Lipinski definition) is 8. The third-order valence-electron chi connectivity index (χ3n) is 6.99. The minimum atomic E-state index is 0.0527. The van der Waals surface area contributed by atoms with Crippen molar-refractivity contribution in [1.82, 2.24) is 30.2 Å². The van der Waals surface area contributed by atoms with E-state index in [2.05, 4.69) is 56.9 Å². The molecule has 0 saturated carbocycles. The lowest BCUT2D eigenvalue weighted by molar-refractivity contribution is 0.236. The van der Waals surface area contributed by atoms with Crippen LogP contribution in [0.5, 0.6) is 0 Å². The van der Waals surface area contributed by atoms with Crippen molar-refractivity contribution in [2.45, 2.75) is 26.3 Å². The van der Waals surface area contributed by atoms with Gasteiger partial charge in [-0.15, -0.1) is 0 Å². The highest BCUT2D eigenvalue weighted by molar-refractivity contribution is 6.36. The van der Waals surface area contributed by atoms with E-state index in [4.69, 9.17) is 33.2 Å². The van der Waals surface area contributed by atoms with Crippen molar-refractivity contribution in [3.05, 3.63) is 76.8 Å². The number of pyridine rings is 3. The fourth-order valence-corrected chi connectivity index (χ4v) is 5.21. The molecule has 5 heterocycles. The minimum Gasteiger partial charge on any atom is -0.366 e. The topological polar surface area (TPSA) is 101 Å². The van der Waals surface area contributed by atoms with Gasteiger partial charge in [0.05, 0.1) is 27.1 Å². The second-order valence-electron chi connectivity index (χ2n) is 10.1. The van der Waals surface area contributed by atoms with E-state index in [9.17, 15) is 0 Å². The van der Waals surface area contributed by atoms with Crippen LogP contribution in [0.1, 0.15) is 25.8 Å². The Bertz CT molecular complexity index is 1600. The first-order valence-corrected chi connectivity index (χ1v) is 13.2. The van der Waals surface area contributed by atoms with Crippen LogP contribution < -0.4 is 16.0 Å². The molecule has 1 fully saturated rings. The molecule has 10 heteroatoms. The number of aromatic nitrogens is 5. The quantitative estimate of drug-likeness (QED) is 0.260. The van der Waals surface area contributed by atoms with E-state index in [1.807, 2.05) is 24.4 Å². The minimum absolute atomic E-state index is 0.0527. The summed E-state index contributed by atoms with van der Waals surface area (Å²) in [5, 5.41) is 12.3. The van der Waals surface area contributed by atoms with Gasteiger partial charge in [-0.3, -0.25) is 4.98 Å². The summed E-state index contributed by atoms with van der Waals surface area (Å²) in [5.74, 6) is 2.40. The highest BCUT2D eigenvalue weighted by atomic mass is 35.5. The normalized spacial score (nSPS) is 18.1. The van der Waals surface area contributed by atoms with Crippen LogP contribution in [0.25, 0.3) is 27.9 Å². The molecule has 0 spiro atoms. The van der Waals surface area contributed by atoms with Crippen LogP contribution in [0.2, 0.25) is 10.0 Å². The summed E-state index contributed by atoms with van der Waals surface area (Å²) in [7, 11) is 0. The van der Waals surface area contributed by atoms with E-state index in [-0.39, 0.29) is 11.5 Å². The zero-order valence-corrected chi connectivity index (χ0v) is 22.5. The Hall–Kier alpha value is -3.59. The summed E-state index contributed by atoms with van der Waals surface area (Å²) < 4.78 is 0. The van der Waals surface area contributed by atoms with Gasteiger partial charge in [-0.1, -0.05) is 55.3 Å². The number of allylic oxidation sites excluding steroid dienone is 4. The Morgan fingerprint density at radius 1 is 1.05 bits per heavy atom. The van der Waals surface area contributed by atoms with Gasteiger partial charge in [0.2, 0.25) is 0 Å². The summed E-state index contributed by atoms with van der Waals surface area (Å²) in [6, 6.07) is 5.64. The molecular weight excluding hydrogens is 519 g/mol. The van der Waals surface area contributed by atoms with E-state index in [0.717, 1.165) is 52.9 Å². The Morgan fingerprint density at radius 3 is 2.68 bits per heavy atom. The molecule has 1 atom stereocenters. The van der Waals surface area contributed by atoms with Crippen molar-refractivity contribution >= 4 is 57.1 Å². The first-order valence-electron chi connectivity index (χ1n) is 12.4. The maximum Gasteiger partial charge on any atom is 0.162 e. The Balaban J connectivity index is 1.43. The molecule has 0 amide bonds. The van der Waals surface area contributed by atoms with Crippen LogP contribution >= 0.6 is 23.2 Å². The number of fused-ring (bicyclic) bond motifs is 1. The molecule has 0 bridgehead atoms. The number of piperidine rings is 1. The van der Waals surface area contributed by atoms with Gasteiger partial charge in [0.15, 0.2) is 5.82 Å². The molecule has 3 N–H and O–H groups in total. The lowest BCUT2D eigenvalue weighted by atomic mass is 9.80. The van der Waals surface area contributed by atoms with Crippen LogP contribution in [0, 0.1) is 5.41 Å². The second kappa shape index (κ2) is 9.94. The van der Waals surface area contributed by atoms with Crippen molar-refractivity contribution in [2.24, 2.45) is 5.41 Å². The van der Waals surface area contributed by atoms with Gasteiger partial charge >= 0.3 is 0 Å². The lowest BCUT2D eigenvalue weighted by Crippen LogP contribution is -2.49. The average molecular weight is 545 g/mol. The maximum atomic E-state index is 6.30. The van der Waals surface area contributed by atoms with Gasteiger partial charge < -0.3 is 16.0 Å². The van der Waals surface area contributed by atoms with Crippen LogP contribution in [0.4, 0.5) is 17.5 Å². The van der Waals surface area contributed by atoms with E-state index in [1.54, 1.807) is 18.5 Å². The average Bonchev–Trinajstić information content (AvgIpc) is 2.86.